The van der Waals surface area contributed by atoms with Crippen molar-refractivity contribution in [2.45, 2.75) is 38.8 Å². The molecule has 3 aromatic rings. The third kappa shape index (κ3) is 3.16. The topological polar surface area (TPSA) is 72.4 Å². The summed E-state index contributed by atoms with van der Waals surface area (Å²) in [6.07, 6.45) is 5.43. The standard InChI is InChI=1S/C20H26N4O3/c1-13-6-4-5-7-23(13)8-9-24-12-21-18-14-10-16(26-2)17(27-3)11-15(14)22-19(18)20(24)25/h10-13,22H,4-9H2,1-3H3. The van der Waals surface area contributed by atoms with Crippen LogP contribution in [0.2, 0.25) is 0 Å². The minimum Gasteiger partial charge on any atom is -0.493 e. The lowest BCUT2D eigenvalue weighted by atomic mass is 10.0. The van der Waals surface area contributed by atoms with E-state index in [9.17, 15) is 4.79 Å². The molecule has 7 heteroatoms. The van der Waals surface area contributed by atoms with E-state index in [1.807, 2.05) is 12.1 Å². The SMILES string of the molecule is COc1cc2[nH]c3c(=O)n(CCN4CCCCC4C)cnc3c2cc1OC. The maximum Gasteiger partial charge on any atom is 0.277 e. The van der Waals surface area contributed by atoms with E-state index < -0.39 is 0 Å². The van der Waals surface area contributed by atoms with Gasteiger partial charge in [0.05, 0.1) is 26.1 Å². The molecule has 2 aromatic heterocycles. The fourth-order valence-electron chi connectivity index (χ4n) is 4.00. The number of hydrogen-bond acceptors (Lipinski definition) is 5. The molecule has 1 fully saturated rings. The van der Waals surface area contributed by atoms with E-state index in [1.165, 1.54) is 19.3 Å². The Balaban J connectivity index is 1.69. The first-order valence-corrected chi connectivity index (χ1v) is 9.49. The summed E-state index contributed by atoms with van der Waals surface area (Å²) >= 11 is 0. The minimum atomic E-state index is -0.0428. The molecule has 0 spiro atoms. The van der Waals surface area contributed by atoms with Gasteiger partial charge in [0, 0.05) is 30.6 Å². The highest BCUT2D eigenvalue weighted by molar-refractivity contribution is 6.05. The Labute approximate surface area is 157 Å². The van der Waals surface area contributed by atoms with Crippen molar-refractivity contribution in [1.82, 2.24) is 19.4 Å². The molecule has 0 amide bonds. The first kappa shape index (κ1) is 17.9. The van der Waals surface area contributed by atoms with Gasteiger partial charge in [-0.3, -0.25) is 14.3 Å². The second kappa shape index (κ2) is 7.23. The molecule has 1 unspecified atom stereocenters. The molecular weight excluding hydrogens is 344 g/mol. The molecule has 0 radical (unpaired) electrons. The second-order valence-corrected chi connectivity index (χ2v) is 7.23. The van der Waals surface area contributed by atoms with E-state index in [1.54, 1.807) is 25.1 Å². The molecule has 144 valence electrons. The number of benzene rings is 1. The average Bonchev–Trinajstić information content (AvgIpc) is 3.06. The minimum absolute atomic E-state index is 0.0428. The molecule has 27 heavy (non-hydrogen) atoms. The molecule has 1 aromatic carbocycles. The lowest BCUT2D eigenvalue weighted by molar-refractivity contribution is 0.154. The fraction of sp³-hybridized carbons (Fsp3) is 0.500. The van der Waals surface area contributed by atoms with Crippen molar-refractivity contribution < 1.29 is 9.47 Å². The van der Waals surface area contributed by atoms with E-state index >= 15 is 0 Å². The molecule has 1 atom stereocenters. The summed E-state index contributed by atoms with van der Waals surface area (Å²) in [5.74, 6) is 1.24. The van der Waals surface area contributed by atoms with Gasteiger partial charge >= 0.3 is 0 Å². The van der Waals surface area contributed by atoms with Crippen LogP contribution in [-0.4, -0.2) is 52.8 Å². The summed E-state index contributed by atoms with van der Waals surface area (Å²) in [6, 6.07) is 4.29. The summed E-state index contributed by atoms with van der Waals surface area (Å²) in [6.45, 7) is 4.89. The first-order chi connectivity index (χ1) is 13.1. The number of hydrogen-bond donors (Lipinski definition) is 1. The number of likely N-dealkylation sites (tertiary alicyclic amines) is 1. The average molecular weight is 370 g/mol. The first-order valence-electron chi connectivity index (χ1n) is 9.49. The number of nitrogens with zero attached hydrogens (tertiary/aromatic N) is 3. The molecule has 0 saturated carbocycles. The van der Waals surface area contributed by atoms with Crippen molar-refractivity contribution in [3.05, 3.63) is 28.8 Å². The van der Waals surface area contributed by atoms with E-state index in [-0.39, 0.29) is 5.56 Å². The van der Waals surface area contributed by atoms with Crippen LogP contribution in [-0.2, 0) is 6.54 Å². The molecule has 4 rings (SSSR count). The monoisotopic (exact) mass is 370 g/mol. The highest BCUT2D eigenvalue weighted by atomic mass is 16.5. The van der Waals surface area contributed by atoms with Crippen molar-refractivity contribution in [2.24, 2.45) is 0 Å². The third-order valence-corrected chi connectivity index (χ3v) is 5.64. The number of H-pyrrole nitrogens is 1. The molecule has 1 saturated heterocycles. The Kier molecular flexibility index (Phi) is 4.78. The summed E-state index contributed by atoms with van der Waals surface area (Å²) < 4.78 is 12.4. The molecule has 3 heterocycles. The Hall–Kier alpha value is -2.54. The maximum absolute atomic E-state index is 13.0. The van der Waals surface area contributed by atoms with Gasteiger partial charge in [-0.1, -0.05) is 6.42 Å². The van der Waals surface area contributed by atoms with Crippen LogP contribution in [0.4, 0.5) is 0 Å². The van der Waals surface area contributed by atoms with Crippen LogP contribution in [0.3, 0.4) is 0 Å². The van der Waals surface area contributed by atoms with Crippen LogP contribution < -0.4 is 15.0 Å². The van der Waals surface area contributed by atoms with E-state index in [4.69, 9.17) is 9.47 Å². The van der Waals surface area contributed by atoms with Crippen molar-refractivity contribution in [2.75, 3.05) is 27.3 Å². The number of ether oxygens (including phenoxy) is 2. The Morgan fingerprint density at radius 1 is 1.19 bits per heavy atom. The van der Waals surface area contributed by atoms with Gasteiger partial charge in [0.1, 0.15) is 11.0 Å². The van der Waals surface area contributed by atoms with E-state index in [0.29, 0.717) is 35.1 Å². The summed E-state index contributed by atoms with van der Waals surface area (Å²) in [5, 5.41) is 0.858. The van der Waals surface area contributed by atoms with Crippen molar-refractivity contribution in [3.8, 4) is 11.5 Å². The molecule has 1 aliphatic rings. The van der Waals surface area contributed by atoms with Crippen LogP contribution in [0.15, 0.2) is 23.3 Å². The number of nitrogens with one attached hydrogen (secondary N) is 1. The summed E-state index contributed by atoms with van der Waals surface area (Å²) in [4.78, 5) is 23.2. The predicted molar refractivity (Wildman–Crippen MR) is 106 cm³/mol. The Morgan fingerprint density at radius 3 is 2.70 bits per heavy atom. The van der Waals surface area contributed by atoms with Crippen molar-refractivity contribution in [3.63, 3.8) is 0 Å². The zero-order valence-electron chi connectivity index (χ0n) is 16.1. The molecule has 1 aliphatic heterocycles. The summed E-state index contributed by atoms with van der Waals surface area (Å²) in [5.41, 5.74) is 1.96. The van der Waals surface area contributed by atoms with Crippen LogP contribution in [0.25, 0.3) is 21.9 Å². The van der Waals surface area contributed by atoms with Gasteiger partial charge in [0.2, 0.25) is 0 Å². The van der Waals surface area contributed by atoms with Gasteiger partial charge in [-0.15, -0.1) is 0 Å². The number of piperidine rings is 1. The van der Waals surface area contributed by atoms with E-state index in [2.05, 4.69) is 21.8 Å². The lowest BCUT2D eigenvalue weighted by Gasteiger charge is -2.33. The highest BCUT2D eigenvalue weighted by Gasteiger charge is 2.19. The normalized spacial score (nSPS) is 18.3. The molecule has 0 aliphatic carbocycles. The molecule has 1 N–H and O–H groups in total. The van der Waals surface area contributed by atoms with Gasteiger partial charge in [0.25, 0.3) is 5.56 Å². The Morgan fingerprint density at radius 2 is 1.96 bits per heavy atom. The van der Waals surface area contributed by atoms with Crippen LogP contribution >= 0.6 is 0 Å². The van der Waals surface area contributed by atoms with E-state index in [0.717, 1.165) is 24.0 Å². The van der Waals surface area contributed by atoms with Crippen molar-refractivity contribution >= 4 is 21.9 Å². The maximum atomic E-state index is 13.0. The zero-order valence-corrected chi connectivity index (χ0v) is 16.1. The van der Waals surface area contributed by atoms with Crippen LogP contribution in [0, 0.1) is 0 Å². The van der Waals surface area contributed by atoms with Gasteiger partial charge in [-0.25, -0.2) is 4.98 Å². The lowest BCUT2D eigenvalue weighted by Crippen LogP contribution is -2.40. The van der Waals surface area contributed by atoms with Gasteiger partial charge in [-0.2, -0.15) is 0 Å². The summed E-state index contributed by atoms with van der Waals surface area (Å²) in [7, 11) is 3.19. The van der Waals surface area contributed by atoms with Gasteiger partial charge < -0.3 is 14.5 Å². The zero-order chi connectivity index (χ0) is 19.0. The number of aromatic nitrogens is 3. The molecule has 0 bridgehead atoms. The number of rotatable bonds is 5. The molecule has 7 nitrogen and oxygen atoms in total. The number of aromatic amines is 1. The number of fused-ring (bicyclic) bond motifs is 3. The fourth-order valence-corrected chi connectivity index (χ4v) is 4.00. The highest BCUT2D eigenvalue weighted by Crippen LogP contribution is 2.34. The van der Waals surface area contributed by atoms with Crippen LogP contribution in [0.1, 0.15) is 26.2 Å². The van der Waals surface area contributed by atoms with Crippen molar-refractivity contribution in [1.29, 1.82) is 0 Å². The Bertz CT molecular complexity index is 1020. The van der Waals surface area contributed by atoms with Gasteiger partial charge in [-0.05, 0) is 32.4 Å². The molecular formula is C20H26N4O3. The number of methoxy groups -OCH3 is 2. The third-order valence-electron chi connectivity index (χ3n) is 5.64. The second-order valence-electron chi connectivity index (χ2n) is 7.23. The smallest absolute Gasteiger partial charge is 0.277 e. The van der Waals surface area contributed by atoms with Gasteiger partial charge in [0.15, 0.2) is 11.5 Å². The quantitative estimate of drug-likeness (QED) is 0.748. The predicted octanol–water partition coefficient (Wildman–Crippen LogP) is 2.77. The van der Waals surface area contributed by atoms with Crippen LogP contribution in [0.5, 0.6) is 11.5 Å². The largest absolute Gasteiger partial charge is 0.493 e.